The fourth-order valence-electron chi connectivity index (χ4n) is 0.408. The third kappa shape index (κ3) is 4.00. The zero-order valence-electron chi connectivity index (χ0n) is 5.70. The molecule has 6 heavy (non-hydrogen) atoms. The number of unbranched alkanes of at least 4 members (excludes halogenated alkanes) is 1. The van der Waals surface area contributed by atoms with Crippen molar-refractivity contribution < 1.29 is 1.37 Å². The smallest absolute Gasteiger partial charge is 0.0264 e. The second-order valence-corrected chi connectivity index (χ2v) is 1.55. The third-order valence-corrected chi connectivity index (χ3v) is 0.846. The molecule has 0 saturated heterocycles. The average Bonchev–Trinajstić information content (AvgIpc) is 1.61. The van der Waals surface area contributed by atoms with Gasteiger partial charge in [0, 0.05) is 1.37 Å². The van der Waals surface area contributed by atoms with Gasteiger partial charge in [-0.25, -0.2) is 0 Å². The standard InChI is InChI=1S/C6H14/c1-3-5-6-4-2/h3-6H2,1-2H3/i3D. The van der Waals surface area contributed by atoms with Gasteiger partial charge in [0.2, 0.25) is 0 Å². The van der Waals surface area contributed by atoms with Gasteiger partial charge in [-0.3, -0.25) is 0 Å². The first-order chi connectivity index (χ1) is 3.27. The molecule has 0 saturated carbocycles. The van der Waals surface area contributed by atoms with Crippen LogP contribution in [0.1, 0.15) is 40.9 Å². The molecule has 1 unspecified atom stereocenters. The van der Waals surface area contributed by atoms with Crippen molar-refractivity contribution in [3.05, 3.63) is 0 Å². The van der Waals surface area contributed by atoms with Crippen molar-refractivity contribution in [2.24, 2.45) is 0 Å². The van der Waals surface area contributed by atoms with Crippen LogP contribution in [0, 0.1) is 0 Å². The largest absolute Gasteiger partial charge is 0.0654 e. The maximum absolute atomic E-state index is 7.08. The van der Waals surface area contributed by atoms with Gasteiger partial charge in [-0.2, -0.15) is 0 Å². The van der Waals surface area contributed by atoms with Crippen molar-refractivity contribution >= 4 is 0 Å². The molecule has 0 aliphatic carbocycles. The Morgan fingerprint density at radius 1 is 1.33 bits per heavy atom. The van der Waals surface area contributed by atoms with Crippen molar-refractivity contribution in [1.82, 2.24) is 0 Å². The highest BCUT2D eigenvalue weighted by Gasteiger charge is 1.75. The fraction of sp³-hybridized carbons (Fsp3) is 1.00. The Labute approximate surface area is 42.0 Å². The summed E-state index contributed by atoms with van der Waals surface area (Å²) in [5.74, 6) is 0. The first-order valence-corrected chi connectivity index (χ1v) is 2.69. The van der Waals surface area contributed by atoms with Gasteiger partial charge >= 0.3 is 0 Å². The van der Waals surface area contributed by atoms with E-state index < -0.39 is 0 Å². The van der Waals surface area contributed by atoms with Crippen LogP contribution in [0.3, 0.4) is 0 Å². The van der Waals surface area contributed by atoms with E-state index in [-0.39, 0.29) is 6.40 Å². The topological polar surface area (TPSA) is 0 Å². The predicted molar refractivity (Wildman–Crippen MR) is 29.8 cm³/mol. The molecule has 0 aromatic carbocycles. The molecule has 0 rings (SSSR count). The van der Waals surface area contributed by atoms with Gasteiger partial charge in [-0.05, 0) is 0 Å². The van der Waals surface area contributed by atoms with Crippen LogP contribution in [0.4, 0.5) is 0 Å². The second kappa shape index (κ2) is 5.00. The number of rotatable bonds is 3. The van der Waals surface area contributed by atoms with E-state index in [1.54, 1.807) is 0 Å². The molecule has 1 atom stereocenters. The first-order valence-electron chi connectivity index (χ1n) is 3.27. The fourth-order valence-corrected chi connectivity index (χ4v) is 0.408. The Bertz CT molecular complexity index is 33.2. The lowest BCUT2D eigenvalue weighted by Crippen LogP contribution is -1.66. The van der Waals surface area contributed by atoms with Crippen LogP contribution in [0.25, 0.3) is 0 Å². The summed E-state index contributed by atoms with van der Waals surface area (Å²) in [6.45, 7) is 4.10. The molecule has 0 amide bonds. The van der Waals surface area contributed by atoms with Crippen molar-refractivity contribution in [3.8, 4) is 0 Å². The second-order valence-electron chi connectivity index (χ2n) is 1.55. The zero-order chi connectivity index (χ0) is 5.70. The van der Waals surface area contributed by atoms with Gasteiger partial charge in [0.15, 0.2) is 0 Å². The third-order valence-electron chi connectivity index (χ3n) is 0.846. The Kier molecular flexibility index (Phi) is 3.47. The van der Waals surface area contributed by atoms with E-state index in [1.807, 2.05) is 6.92 Å². The van der Waals surface area contributed by atoms with Gasteiger partial charge in [0.05, 0.1) is 0 Å². The Morgan fingerprint density at radius 3 is 2.17 bits per heavy atom. The van der Waals surface area contributed by atoms with Crippen molar-refractivity contribution in [2.45, 2.75) is 39.5 Å². The van der Waals surface area contributed by atoms with Crippen LogP contribution in [0.5, 0.6) is 0 Å². The van der Waals surface area contributed by atoms with Gasteiger partial charge in [-0.1, -0.05) is 39.5 Å². The van der Waals surface area contributed by atoms with Crippen molar-refractivity contribution in [3.63, 3.8) is 0 Å². The minimum atomic E-state index is 0.153. The molecule has 38 valence electrons. The van der Waals surface area contributed by atoms with Gasteiger partial charge in [-0.15, -0.1) is 0 Å². The average molecular weight is 87.2 g/mol. The van der Waals surface area contributed by atoms with E-state index in [1.165, 1.54) is 12.8 Å². The molecular formula is C6H14. The molecule has 0 aliphatic heterocycles. The summed E-state index contributed by atoms with van der Waals surface area (Å²) >= 11 is 0. The molecule has 0 nitrogen and oxygen atoms in total. The molecule has 0 heterocycles. The van der Waals surface area contributed by atoms with Crippen LogP contribution in [-0.4, -0.2) is 0 Å². The Hall–Kier alpha value is 0. The summed E-state index contributed by atoms with van der Waals surface area (Å²) < 4.78 is 7.08. The van der Waals surface area contributed by atoms with Crippen LogP contribution in [0.15, 0.2) is 0 Å². The summed E-state index contributed by atoms with van der Waals surface area (Å²) in [4.78, 5) is 0. The quantitative estimate of drug-likeness (QED) is 0.496. The SMILES string of the molecule is [2H]C(C)CCCC. The van der Waals surface area contributed by atoms with Crippen molar-refractivity contribution in [2.75, 3.05) is 0 Å². The number of hydrogen-bond donors (Lipinski definition) is 0. The van der Waals surface area contributed by atoms with E-state index in [2.05, 4.69) is 6.92 Å². The molecule has 0 aliphatic rings. The molecule has 0 radical (unpaired) electrons. The van der Waals surface area contributed by atoms with E-state index >= 15 is 0 Å². The summed E-state index contributed by atoms with van der Waals surface area (Å²) in [6.07, 6.45) is 3.66. The molecule has 0 spiro atoms. The van der Waals surface area contributed by atoms with Gasteiger partial charge in [0.25, 0.3) is 0 Å². The van der Waals surface area contributed by atoms with Crippen molar-refractivity contribution in [1.29, 1.82) is 0 Å². The number of hydrogen-bond acceptors (Lipinski definition) is 0. The zero-order valence-corrected chi connectivity index (χ0v) is 4.70. The van der Waals surface area contributed by atoms with Gasteiger partial charge < -0.3 is 0 Å². The molecule has 0 aromatic rings. The van der Waals surface area contributed by atoms with Crippen LogP contribution in [-0.2, 0) is 0 Å². The lowest BCUT2D eigenvalue weighted by atomic mass is 10.2. The monoisotopic (exact) mass is 87.1 g/mol. The minimum absolute atomic E-state index is 0.153. The molecule has 0 bridgehead atoms. The Morgan fingerprint density at radius 2 is 2.00 bits per heavy atom. The molecule has 0 N–H and O–H groups in total. The lowest BCUT2D eigenvalue weighted by Gasteiger charge is -1.86. The van der Waals surface area contributed by atoms with Crippen LogP contribution < -0.4 is 0 Å². The highest BCUT2D eigenvalue weighted by Crippen LogP contribution is 1.95. The minimum Gasteiger partial charge on any atom is -0.0654 e. The first kappa shape index (κ1) is 4.17. The normalized spacial score (nSPS) is 16.7. The van der Waals surface area contributed by atoms with E-state index in [0.29, 0.717) is 0 Å². The Balaban J connectivity index is 2.68. The van der Waals surface area contributed by atoms with Crippen LogP contribution in [0.2, 0.25) is 0 Å². The summed E-state index contributed by atoms with van der Waals surface area (Å²) in [7, 11) is 0. The predicted octanol–water partition coefficient (Wildman–Crippen LogP) is 2.59. The maximum Gasteiger partial charge on any atom is 0.0264 e. The van der Waals surface area contributed by atoms with E-state index in [0.717, 1.165) is 6.42 Å². The highest BCUT2D eigenvalue weighted by molar-refractivity contribution is 4.31. The molecule has 0 aromatic heterocycles. The summed E-state index contributed by atoms with van der Waals surface area (Å²) in [5, 5.41) is 0. The maximum atomic E-state index is 7.08. The van der Waals surface area contributed by atoms with E-state index in [9.17, 15) is 0 Å². The molecule has 0 heteroatoms. The van der Waals surface area contributed by atoms with Gasteiger partial charge in [0.1, 0.15) is 0 Å². The summed E-state index contributed by atoms with van der Waals surface area (Å²) in [5.41, 5.74) is 0. The summed E-state index contributed by atoms with van der Waals surface area (Å²) in [6, 6.07) is 0. The molecule has 0 fully saturated rings. The molecular weight excluding hydrogens is 72.1 g/mol. The van der Waals surface area contributed by atoms with Crippen LogP contribution >= 0.6 is 0 Å². The highest BCUT2D eigenvalue weighted by atomic mass is 13.8. The lowest BCUT2D eigenvalue weighted by molar-refractivity contribution is 0.702. The van der Waals surface area contributed by atoms with E-state index in [4.69, 9.17) is 1.37 Å².